The van der Waals surface area contributed by atoms with E-state index in [0.29, 0.717) is 5.02 Å². The van der Waals surface area contributed by atoms with Crippen LogP contribution in [0.4, 0.5) is 11.4 Å². The molecular weight excluding hydrogens is 504 g/mol. The monoisotopic (exact) mass is 529 g/mol. The number of rotatable bonds is 5. The Morgan fingerprint density at radius 1 is 0.750 bits per heavy atom. The van der Waals surface area contributed by atoms with Gasteiger partial charge in [-0.2, -0.15) is 0 Å². The second kappa shape index (κ2) is 10.5. The molecule has 1 heterocycles. The number of para-hydroxylation sites is 1. The molecule has 0 N–H and O–H groups in total. The standard InChI is InChI=1S/C25H26ClN3.2ClH.Fe/c1-15-13-17(3)24(18(4)14-15)27-19(5)22-11-8-12-23(29-22)20(6)28-25-16(2)9-7-10-21(25)26;;;/h7-14H,1-6H3;2*1H;/q;;;+3/p-2. The molecule has 0 amide bonds. The van der Waals surface area contributed by atoms with Crippen molar-refractivity contribution in [1.82, 2.24) is 0 Å². The predicted molar refractivity (Wildman–Crippen MR) is 134 cm³/mol. The quantitative estimate of drug-likeness (QED) is 0.238. The summed E-state index contributed by atoms with van der Waals surface area (Å²) >= 11 is 4.67. The van der Waals surface area contributed by atoms with Crippen LogP contribution in [0.15, 0.2) is 58.5 Å². The van der Waals surface area contributed by atoms with E-state index < -0.39 is 12.3 Å². The number of aliphatic imine (C=N–C) groups is 2. The van der Waals surface area contributed by atoms with Crippen LogP contribution in [-0.2, 0) is 12.3 Å². The van der Waals surface area contributed by atoms with Gasteiger partial charge < -0.3 is 0 Å². The van der Waals surface area contributed by atoms with Crippen molar-refractivity contribution in [3.05, 3.63) is 87.2 Å². The minimum atomic E-state index is -1.72. The molecule has 169 valence electrons. The molecule has 1 aromatic heterocycles. The molecule has 0 spiro atoms. The van der Waals surface area contributed by atoms with Gasteiger partial charge in [-0.25, -0.2) is 0 Å². The van der Waals surface area contributed by atoms with Crippen LogP contribution in [0.25, 0.3) is 0 Å². The molecule has 0 atom stereocenters. The Labute approximate surface area is 208 Å². The van der Waals surface area contributed by atoms with Crippen LogP contribution in [0.5, 0.6) is 0 Å². The van der Waals surface area contributed by atoms with Crippen LogP contribution < -0.4 is 3.58 Å². The van der Waals surface area contributed by atoms with E-state index in [9.17, 15) is 0 Å². The SMILES string of the molecule is CC(=Nc1c(C)cc(C)cc1C)c1cccc(C(C)=Nc2c(C)cccc2Cl)[n+]1[Fe]([Cl])[Cl]. The number of aromatic nitrogens is 1. The van der Waals surface area contributed by atoms with Gasteiger partial charge in [0.15, 0.2) is 0 Å². The van der Waals surface area contributed by atoms with Crippen LogP contribution in [0.2, 0.25) is 5.02 Å². The van der Waals surface area contributed by atoms with E-state index in [1.54, 1.807) is 0 Å². The van der Waals surface area contributed by atoms with Gasteiger partial charge in [0, 0.05) is 0 Å². The summed E-state index contributed by atoms with van der Waals surface area (Å²) in [7, 11) is 13.1. The molecule has 0 aliphatic heterocycles. The minimum absolute atomic E-state index is 0.607. The summed E-state index contributed by atoms with van der Waals surface area (Å²) in [6, 6.07) is 16.0. The molecule has 2 aromatic carbocycles. The summed E-state index contributed by atoms with van der Waals surface area (Å²) in [5.41, 5.74) is 9.52. The van der Waals surface area contributed by atoms with Crippen molar-refractivity contribution in [2.24, 2.45) is 9.98 Å². The first-order valence-electron chi connectivity index (χ1n) is 10.1. The number of halogens is 3. The first kappa shape index (κ1) is 25.0. The zero-order valence-corrected chi connectivity index (χ0v) is 22.3. The third kappa shape index (κ3) is 5.44. The maximum absolute atomic E-state index is 6.53. The average molecular weight is 531 g/mol. The van der Waals surface area contributed by atoms with E-state index in [1.165, 1.54) is 5.56 Å². The Balaban J connectivity index is 2.16. The van der Waals surface area contributed by atoms with Crippen molar-refractivity contribution in [2.45, 2.75) is 41.5 Å². The van der Waals surface area contributed by atoms with Gasteiger partial charge in [-0.1, -0.05) is 0 Å². The molecule has 0 aliphatic rings. The third-order valence-electron chi connectivity index (χ3n) is 5.16. The molecule has 7 heteroatoms. The fourth-order valence-electron chi connectivity index (χ4n) is 3.70. The van der Waals surface area contributed by atoms with Crippen LogP contribution >= 0.6 is 31.8 Å². The Morgan fingerprint density at radius 2 is 1.25 bits per heavy atom. The van der Waals surface area contributed by atoms with Gasteiger partial charge in [-0.3, -0.25) is 0 Å². The van der Waals surface area contributed by atoms with Crippen molar-refractivity contribution < 1.29 is 15.9 Å². The Morgan fingerprint density at radius 3 is 1.75 bits per heavy atom. The molecular formula is C25H26Cl3FeN3+. The van der Waals surface area contributed by atoms with Gasteiger partial charge in [0.1, 0.15) is 0 Å². The third-order valence-corrected chi connectivity index (χ3v) is 7.36. The number of benzene rings is 2. The summed E-state index contributed by atoms with van der Waals surface area (Å²) in [6.45, 7) is 12.2. The van der Waals surface area contributed by atoms with E-state index in [1.807, 2.05) is 60.8 Å². The van der Waals surface area contributed by atoms with Crippen molar-refractivity contribution in [1.29, 1.82) is 0 Å². The summed E-state index contributed by atoms with van der Waals surface area (Å²) < 4.78 is 1.92. The zero-order valence-electron chi connectivity index (χ0n) is 18.9. The number of hydrogen-bond acceptors (Lipinski definition) is 2. The van der Waals surface area contributed by atoms with E-state index in [2.05, 4.69) is 32.9 Å². The molecule has 3 nitrogen and oxygen atoms in total. The van der Waals surface area contributed by atoms with Gasteiger partial charge >= 0.3 is 209 Å². The van der Waals surface area contributed by atoms with Gasteiger partial charge in [-0.05, 0) is 0 Å². The molecule has 0 unspecified atom stereocenters. The normalized spacial score (nSPS) is 12.8. The molecule has 0 bridgehead atoms. The van der Waals surface area contributed by atoms with Gasteiger partial charge in [-0.15, -0.1) is 0 Å². The second-order valence-electron chi connectivity index (χ2n) is 7.78. The summed E-state index contributed by atoms with van der Waals surface area (Å²) in [5.74, 6) is 0. The zero-order chi connectivity index (χ0) is 23.6. The Kier molecular flexibility index (Phi) is 8.19. The summed E-state index contributed by atoms with van der Waals surface area (Å²) in [5, 5.41) is 0.607. The molecule has 3 rings (SSSR count). The number of nitrogens with zero attached hydrogens (tertiary/aromatic N) is 3. The van der Waals surface area contributed by atoms with Crippen molar-refractivity contribution >= 4 is 54.6 Å². The fourth-order valence-corrected chi connectivity index (χ4v) is 5.95. The van der Waals surface area contributed by atoms with Gasteiger partial charge in [0.25, 0.3) is 0 Å². The second-order valence-corrected chi connectivity index (χ2v) is 11.9. The summed E-state index contributed by atoms with van der Waals surface area (Å²) in [6.07, 6.45) is 0. The van der Waals surface area contributed by atoms with Gasteiger partial charge in [0.05, 0.1) is 0 Å². The van der Waals surface area contributed by atoms with Crippen LogP contribution in [-0.4, -0.2) is 11.4 Å². The van der Waals surface area contributed by atoms with E-state index in [0.717, 1.165) is 50.9 Å². The van der Waals surface area contributed by atoms with Gasteiger partial charge in [0.2, 0.25) is 0 Å². The molecule has 0 saturated heterocycles. The number of pyridine rings is 1. The van der Waals surface area contributed by atoms with E-state index in [-0.39, 0.29) is 0 Å². The van der Waals surface area contributed by atoms with Crippen LogP contribution in [0.3, 0.4) is 0 Å². The molecule has 0 saturated carbocycles. The van der Waals surface area contributed by atoms with Crippen LogP contribution in [0, 0.1) is 27.7 Å². The summed E-state index contributed by atoms with van der Waals surface area (Å²) in [4.78, 5) is 9.77. The van der Waals surface area contributed by atoms with Crippen molar-refractivity contribution in [2.75, 3.05) is 0 Å². The first-order chi connectivity index (χ1) is 15.1. The molecule has 32 heavy (non-hydrogen) atoms. The van der Waals surface area contributed by atoms with Crippen molar-refractivity contribution in [3.63, 3.8) is 0 Å². The van der Waals surface area contributed by atoms with Crippen molar-refractivity contribution in [3.8, 4) is 0 Å². The number of hydrogen-bond donors (Lipinski definition) is 0. The Bertz CT molecular complexity index is 1190. The molecule has 0 fully saturated rings. The average Bonchev–Trinajstić information content (AvgIpc) is 2.72. The van der Waals surface area contributed by atoms with Crippen LogP contribution in [0.1, 0.15) is 47.5 Å². The fraction of sp³-hybridized carbons (Fsp3) is 0.240. The first-order valence-corrected chi connectivity index (χ1v) is 14.0. The predicted octanol–water partition coefficient (Wildman–Crippen LogP) is 7.83. The maximum atomic E-state index is 6.53. The topological polar surface area (TPSA) is 28.6 Å². The van der Waals surface area contributed by atoms with E-state index >= 15 is 0 Å². The molecule has 3 aromatic rings. The van der Waals surface area contributed by atoms with E-state index in [4.69, 9.17) is 41.8 Å². The molecule has 0 aliphatic carbocycles. The molecule has 0 radical (unpaired) electrons. The number of aryl methyl sites for hydroxylation is 4. The Hall–Kier alpha value is -1.68.